The third kappa shape index (κ3) is 4.18. The zero-order valence-electron chi connectivity index (χ0n) is 11.6. The molecule has 0 saturated carbocycles. The van der Waals surface area contributed by atoms with Gasteiger partial charge in [-0.15, -0.1) is 10.2 Å². The fourth-order valence-corrected chi connectivity index (χ4v) is 2.89. The second kappa shape index (κ2) is 7.07. The molecule has 0 unspecified atom stereocenters. The van der Waals surface area contributed by atoms with Crippen molar-refractivity contribution in [2.24, 2.45) is 0 Å². The molecular formula is C12H12BrN5O2S2. The third-order valence-corrected chi connectivity index (χ3v) is 4.37. The summed E-state index contributed by atoms with van der Waals surface area (Å²) in [6, 6.07) is 1.82. The van der Waals surface area contributed by atoms with Gasteiger partial charge in [-0.3, -0.25) is 5.32 Å². The Morgan fingerprint density at radius 3 is 2.77 bits per heavy atom. The van der Waals surface area contributed by atoms with Gasteiger partial charge in [0.25, 0.3) is 0 Å². The van der Waals surface area contributed by atoms with Gasteiger partial charge >= 0.3 is 6.09 Å². The molecule has 0 spiro atoms. The number of amides is 1. The summed E-state index contributed by atoms with van der Waals surface area (Å²) in [6.45, 7) is 4.07. The standard InChI is InChI=1S/C12H12BrN5O2S2/c1-5(2)9-17-18-10(22-9)7-3-6(13)4-14-8(7)15-11(21)16-12(19)20/h3-5H,1-2H3,(H,19,20)(H2,14,15,16,21). The van der Waals surface area contributed by atoms with Crippen molar-refractivity contribution in [2.75, 3.05) is 5.32 Å². The molecule has 2 rings (SSSR count). The largest absolute Gasteiger partial charge is 0.465 e. The van der Waals surface area contributed by atoms with Crippen molar-refractivity contribution in [3.05, 3.63) is 21.7 Å². The Kier molecular flexibility index (Phi) is 5.37. The lowest BCUT2D eigenvalue weighted by Crippen LogP contribution is -2.33. The molecule has 116 valence electrons. The van der Waals surface area contributed by atoms with Crippen LogP contribution in [0.4, 0.5) is 10.6 Å². The normalized spacial score (nSPS) is 10.5. The first-order valence-electron chi connectivity index (χ1n) is 6.17. The van der Waals surface area contributed by atoms with Crippen LogP contribution in [0.2, 0.25) is 0 Å². The molecule has 1 amide bonds. The van der Waals surface area contributed by atoms with Gasteiger partial charge in [-0.25, -0.2) is 9.78 Å². The van der Waals surface area contributed by atoms with Crippen LogP contribution in [-0.4, -0.2) is 31.5 Å². The highest BCUT2D eigenvalue weighted by Crippen LogP contribution is 2.33. The van der Waals surface area contributed by atoms with E-state index in [0.717, 1.165) is 9.48 Å². The van der Waals surface area contributed by atoms with Gasteiger partial charge in [0.1, 0.15) is 10.8 Å². The lowest BCUT2D eigenvalue weighted by atomic mass is 10.2. The molecule has 0 aromatic carbocycles. The summed E-state index contributed by atoms with van der Waals surface area (Å²) < 4.78 is 0.770. The summed E-state index contributed by atoms with van der Waals surface area (Å²) in [4.78, 5) is 14.8. The molecule has 0 atom stereocenters. The predicted octanol–water partition coefficient (Wildman–Crippen LogP) is 3.45. The maximum atomic E-state index is 10.6. The summed E-state index contributed by atoms with van der Waals surface area (Å²) in [5.74, 6) is 0.686. The molecule has 0 aliphatic heterocycles. The molecule has 22 heavy (non-hydrogen) atoms. The van der Waals surface area contributed by atoms with Gasteiger partial charge in [0.15, 0.2) is 10.1 Å². The van der Waals surface area contributed by atoms with Crippen molar-refractivity contribution in [1.82, 2.24) is 20.5 Å². The van der Waals surface area contributed by atoms with Crippen molar-refractivity contribution < 1.29 is 9.90 Å². The van der Waals surface area contributed by atoms with Gasteiger partial charge in [-0.05, 0) is 34.2 Å². The number of nitrogens with one attached hydrogen (secondary N) is 2. The van der Waals surface area contributed by atoms with E-state index in [-0.39, 0.29) is 11.0 Å². The molecule has 2 heterocycles. The number of halogens is 1. The lowest BCUT2D eigenvalue weighted by molar-refractivity contribution is 0.200. The smallest absolute Gasteiger partial charge is 0.410 e. The summed E-state index contributed by atoms with van der Waals surface area (Å²) in [7, 11) is 0. The monoisotopic (exact) mass is 401 g/mol. The Labute approximate surface area is 144 Å². The average Bonchev–Trinajstić information content (AvgIpc) is 2.89. The fourth-order valence-electron chi connectivity index (χ4n) is 1.51. The number of nitrogens with zero attached hydrogens (tertiary/aromatic N) is 3. The number of carboxylic acid groups (broad SMARTS) is 1. The van der Waals surface area contributed by atoms with E-state index in [1.54, 1.807) is 6.20 Å². The van der Waals surface area contributed by atoms with Crippen LogP contribution in [-0.2, 0) is 0 Å². The molecular weight excluding hydrogens is 390 g/mol. The van der Waals surface area contributed by atoms with E-state index in [1.807, 2.05) is 19.9 Å². The van der Waals surface area contributed by atoms with Crippen molar-refractivity contribution in [3.63, 3.8) is 0 Å². The van der Waals surface area contributed by atoms with Crippen LogP contribution < -0.4 is 10.6 Å². The van der Waals surface area contributed by atoms with Crippen LogP contribution in [0.3, 0.4) is 0 Å². The first-order valence-corrected chi connectivity index (χ1v) is 8.19. The van der Waals surface area contributed by atoms with Gasteiger partial charge in [0.2, 0.25) is 0 Å². The van der Waals surface area contributed by atoms with Crippen molar-refractivity contribution >= 4 is 56.5 Å². The predicted molar refractivity (Wildman–Crippen MR) is 92.3 cm³/mol. The zero-order valence-corrected chi connectivity index (χ0v) is 14.8. The topological polar surface area (TPSA) is 100 Å². The lowest BCUT2D eigenvalue weighted by Gasteiger charge is -2.10. The minimum atomic E-state index is -1.24. The second-order valence-electron chi connectivity index (χ2n) is 4.53. The van der Waals surface area contributed by atoms with Crippen LogP contribution in [0.25, 0.3) is 10.6 Å². The van der Waals surface area contributed by atoms with Crippen LogP contribution >= 0.6 is 39.5 Å². The Bertz CT molecular complexity index is 719. The Morgan fingerprint density at radius 1 is 1.45 bits per heavy atom. The molecule has 0 fully saturated rings. The molecule has 0 saturated heterocycles. The van der Waals surface area contributed by atoms with Gasteiger partial charge in [0.05, 0.1) is 5.56 Å². The number of aromatic nitrogens is 3. The molecule has 0 radical (unpaired) electrons. The van der Waals surface area contributed by atoms with E-state index in [0.29, 0.717) is 16.4 Å². The van der Waals surface area contributed by atoms with Crippen molar-refractivity contribution in [2.45, 2.75) is 19.8 Å². The van der Waals surface area contributed by atoms with Crippen molar-refractivity contribution in [3.8, 4) is 10.6 Å². The molecule has 0 bridgehead atoms. The highest BCUT2D eigenvalue weighted by Gasteiger charge is 2.15. The first-order chi connectivity index (χ1) is 10.4. The Morgan fingerprint density at radius 2 is 2.18 bits per heavy atom. The minimum Gasteiger partial charge on any atom is -0.465 e. The number of hydrogen-bond acceptors (Lipinski definition) is 6. The molecule has 0 aliphatic carbocycles. The van der Waals surface area contributed by atoms with Gasteiger partial charge in [-0.2, -0.15) is 0 Å². The van der Waals surface area contributed by atoms with Gasteiger partial charge < -0.3 is 10.4 Å². The summed E-state index contributed by atoms with van der Waals surface area (Å²) >= 11 is 9.73. The first kappa shape index (κ1) is 16.7. The molecule has 2 aromatic heterocycles. The zero-order chi connectivity index (χ0) is 16.3. The molecule has 2 aromatic rings. The maximum Gasteiger partial charge on any atom is 0.410 e. The highest BCUT2D eigenvalue weighted by atomic mass is 79.9. The fraction of sp³-hybridized carbons (Fsp3) is 0.250. The Balaban J connectivity index is 2.35. The van der Waals surface area contributed by atoms with E-state index in [4.69, 9.17) is 17.3 Å². The van der Waals surface area contributed by atoms with E-state index in [1.165, 1.54) is 11.3 Å². The number of hydrogen-bond donors (Lipinski definition) is 3. The maximum absolute atomic E-state index is 10.6. The summed E-state index contributed by atoms with van der Waals surface area (Å²) in [5, 5.41) is 23.3. The van der Waals surface area contributed by atoms with E-state index in [9.17, 15) is 4.79 Å². The molecule has 0 aliphatic rings. The number of thiocarbonyl (C=S) groups is 1. The van der Waals surface area contributed by atoms with Gasteiger partial charge in [0, 0.05) is 16.6 Å². The number of carbonyl (C=O) groups is 1. The van der Waals surface area contributed by atoms with Crippen LogP contribution in [0, 0.1) is 0 Å². The molecule has 10 heteroatoms. The SMILES string of the molecule is CC(C)c1nnc(-c2cc(Br)cnc2NC(=S)NC(=O)O)s1. The Hall–Kier alpha value is -1.65. The average molecular weight is 402 g/mol. The molecule has 3 N–H and O–H groups in total. The number of pyridine rings is 1. The second-order valence-corrected chi connectivity index (χ2v) is 6.87. The summed E-state index contributed by atoms with van der Waals surface area (Å²) in [5.41, 5.74) is 0.688. The number of rotatable bonds is 3. The van der Waals surface area contributed by atoms with E-state index < -0.39 is 6.09 Å². The van der Waals surface area contributed by atoms with Crippen LogP contribution in [0.5, 0.6) is 0 Å². The van der Waals surface area contributed by atoms with E-state index >= 15 is 0 Å². The highest BCUT2D eigenvalue weighted by molar-refractivity contribution is 9.10. The third-order valence-electron chi connectivity index (χ3n) is 2.47. The molecule has 7 nitrogen and oxygen atoms in total. The summed E-state index contributed by atoms with van der Waals surface area (Å²) in [6.07, 6.45) is 0.341. The van der Waals surface area contributed by atoms with Crippen LogP contribution in [0.15, 0.2) is 16.7 Å². The number of anilines is 1. The minimum absolute atomic E-state index is 0.0582. The van der Waals surface area contributed by atoms with Crippen molar-refractivity contribution in [1.29, 1.82) is 0 Å². The quantitative estimate of drug-likeness (QED) is 0.676. The van der Waals surface area contributed by atoms with Gasteiger partial charge in [-0.1, -0.05) is 25.2 Å². The van der Waals surface area contributed by atoms with E-state index in [2.05, 4.69) is 41.7 Å². The van der Waals surface area contributed by atoms with Crippen LogP contribution in [0.1, 0.15) is 24.8 Å².